The zero-order chi connectivity index (χ0) is 15.5. The van der Waals surface area contributed by atoms with E-state index in [4.69, 9.17) is 10.5 Å². The summed E-state index contributed by atoms with van der Waals surface area (Å²) in [5, 5.41) is 2.97. The number of methoxy groups -OCH3 is 1. The first-order valence-corrected chi connectivity index (χ1v) is 7.41. The van der Waals surface area contributed by atoms with Gasteiger partial charge in [0.25, 0.3) is 0 Å². The van der Waals surface area contributed by atoms with Gasteiger partial charge >= 0.3 is 6.18 Å². The van der Waals surface area contributed by atoms with Gasteiger partial charge in [0.1, 0.15) is 0 Å². The van der Waals surface area contributed by atoms with E-state index in [-0.39, 0.29) is 25.0 Å². The third-order valence-corrected chi connectivity index (χ3v) is 5.97. The molecule has 1 aliphatic heterocycles. The van der Waals surface area contributed by atoms with E-state index in [9.17, 15) is 18.0 Å². The van der Waals surface area contributed by atoms with Crippen molar-refractivity contribution in [2.45, 2.75) is 50.4 Å². The van der Waals surface area contributed by atoms with Crippen LogP contribution >= 0.6 is 0 Å². The number of nitrogens with one attached hydrogen (secondary N) is 1. The van der Waals surface area contributed by atoms with E-state index < -0.39 is 29.0 Å². The van der Waals surface area contributed by atoms with Gasteiger partial charge in [-0.3, -0.25) is 4.79 Å². The molecule has 4 nitrogen and oxygen atoms in total. The molecule has 3 unspecified atom stereocenters. The van der Waals surface area contributed by atoms with Crippen LogP contribution in [0.5, 0.6) is 0 Å². The Morgan fingerprint density at radius 1 is 1.29 bits per heavy atom. The highest BCUT2D eigenvalue weighted by molar-refractivity contribution is 5.87. The molecule has 3 N–H and O–H groups in total. The Bertz CT molecular complexity index is 448. The lowest BCUT2D eigenvalue weighted by molar-refractivity contribution is -0.192. The molecule has 21 heavy (non-hydrogen) atoms. The summed E-state index contributed by atoms with van der Waals surface area (Å²) >= 11 is 0. The van der Waals surface area contributed by atoms with Gasteiger partial charge < -0.3 is 15.8 Å². The summed E-state index contributed by atoms with van der Waals surface area (Å²) in [6.07, 6.45) is -1.15. The Morgan fingerprint density at radius 2 is 1.90 bits per heavy atom. The zero-order valence-electron chi connectivity index (χ0n) is 12.0. The van der Waals surface area contributed by atoms with Crippen LogP contribution in [-0.4, -0.2) is 37.9 Å². The number of primary amides is 1. The molecule has 0 bridgehead atoms. The summed E-state index contributed by atoms with van der Waals surface area (Å²) in [5.74, 6) is -0.737. The first-order chi connectivity index (χ1) is 9.78. The minimum Gasteiger partial charge on any atom is -0.381 e. The normalized spacial score (nSPS) is 46.2. The fraction of sp³-hybridized carbons (Fsp3) is 0.929. The summed E-state index contributed by atoms with van der Waals surface area (Å²) in [6.45, 7) is -0.186. The Hall–Kier alpha value is -0.820. The van der Waals surface area contributed by atoms with Gasteiger partial charge in [-0.2, -0.15) is 13.2 Å². The molecule has 0 radical (unpaired) electrons. The first kappa shape index (κ1) is 15.1. The quantitative estimate of drug-likeness (QED) is 0.832. The van der Waals surface area contributed by atoms with Crippen molar-refractivity contribution in [2.24, 2.45) is 22.5 Å². The van der Waals surface area contributed by atoms with Crippen LogP contribution in [0.1, 0.15) is 32.1 Å². The van der Waals surface area contributed by atoms with Crippen molar-refractivity contribution in [1.29, 1.82) is 0 Å². The number of carbonyl (C=O) groups is 1. The minimum atomic E-state index is -4.38. The summed E-state index contributed by atoms with van der Waals surface area (Å²) < 4.78 is 45.4. The third kappa shape index (κ3) is 1.86. The number of rotatable bonds is 3. The number of ether oxygens (including phenoxy) is 1. The molecule has 3 atom stereocenters. The SMILES string of the molecule is CO[C@H]1CC[C@H](C2NCC3(C(F)(F)F)CC23C(N)=O)CC1. The monoisotopic (exact) mass is 306 g/mol. The Labute approximate surface area is 121 Å². The number of nitrogens with two attached hydrogens (primary N) is 1. The lowest BCUT2D eigenvalue weighted by Gasteiger charge is -2.35. The number of hydrogen-bond donors (Lipinski definition) is 2. The van der Waals surface area contributed by atoms with E-state index in [1.165, 1.54) is 0 Å². The van der Waals surface area contributed by atoms with Crippen LogP contribution in [-0.2, 0) is 9.53 Å². The minimum absolute atomic E-state index is 0.0654. The van der Waals surface area contributed by atoms with Gasteiger partial charge in [-0.25, -0.2) is 0 Å². The molecule has 1 amide bonds. The average Bonchev–Trinajstić information content (AvgIpc) is 3.02. The average molecular weight is 306 g/mol. The van der Waals surface area contributed by atoms with Gasteiger partial charge in [0.2, 0.25) is 5.91 Å². The fourth-order valence-corrected chi connectivity index (χ4v) is 4.67. The van der Waals surface area contributed by atoms with Crippen molar-refractivity contribution in [3.05, 3.63) is 0 Å². The lowest BCUT2D eigenvalue weighted by Crippen LogP contribution is -2.47. The Balaban J connectivity index is 1.81. The van der Waals surface area contributed by atoms with Crippen molar-refractivity contribution in [1.82, 2.24) is 5.32 Å². The number of halogens is 3. The highest BCUT2D eigenvalue weighted by Gasteiger charge is 2.87. The van der Waals surface area contributed by atoms with Gasteiger partial charge in [-0.05, 0) is 38.0 Å². The second-order valence-electron chi connectivity index (χ2n) is 6.72. The maximum absolute atomic E-state index is 13.4. The van der Waals surface area contributed by atoms with Crippen LogP contribution in [0.15, 0.2) is 0 Å². The molecule has 0 aromatic carbocycles. The largest absolute Gasteiger partial charge is 0.396 e. The number of piperidine rings is 1. The molecule has 2 aliphatic carbocycles. The van der Waals surface area contributed by atoms with Crippen molar-refractivity contribution < 1.29 is 22.7 Å². The van der Waals surface area contributed by atoms with E-state index in [2.05, 4.69) is 5.32 Å². The highest BCUT2D eigenvalue weighted by atomic mass is 19.4. The van der Waals surface area contributed by atoms with Crippen molar-refractivity contribution in [3.63, 3.8) is 0 Å². The number of alkyl halides is 3. The third-order valence-electron chi connectivity index (χ3n) is 5.97. The Kier molecular flexibility index (Phi) is 3.30. The van der Waals surface area contributed by atoms with Crippen LogP contribution in [0.3, 0.4) is 0 Å². The fourth-order valence-electron chi connectivity index (χ4n) is 4.67. The number of carbonyl (C=O) groups excluding carboxylic acids is 1. The lowest BCUT2D eigenvalue weighted by atomic mass is 9.75. The van der Waals surface area contributed by atoms with E-state index in [0.29, 0.717) is 0 Å². The smallest absolute Gasteiger partial charge is 0.381 e. The molecule has 7 heteroatoms. The van der Waals surface area contributed by atoms with Gasteiger partial charge in [0, 0.05) is 19.7 Å². The standard InChI is InChI=1S/C14H21F3N2O2/c1-21-9-4-2-8(3-5-9)10-13(11(18)20)6-12(13,7-19-10)14(15,16)17/h8-10,19H,2-7H2,1H3,(H2,18,20)/t8-,9-,10?,12?,13?. The molecule has 0 aromatic heterocycles. The highest BCUT2D eigenvalue weighted by Crippen LogP contribution is 2.76. The van der Waals surface area contributed by atoms with Crippen molar-refractivity contribution >= 4 is 5.91 Å². The van der Waals surface area contributed by atoms with Crippen LogP contribution in [0, 0.1) is 16.7 Å². The topological polar surface area (TPSA) is 64.3 Å². The maximum atomic E-state index is 13.4. The predicted molar refractivity (Wildman–Crippen MR) is 69.3 cm³/mol. The molecule has 2 saturated carbocycles. The molecule has 0 spiro atoms. The van der Waals surface area contributed by atoms with Gasteiger partial charge in [-0.1, -0.05) is 0 Å². The van der Waals surface area contributed by atoms with Gasteiger partial charge in [0.15, 0.2) is 0 Å². The number of amides is 1. The summed E-state index contributed by atoms with van der Waals surface area (Å²) in [7, 11) is 1.65. The molecule has 3 aliphatic rings. The molecule has 3 rings (SSSR count). The summed E-state index contributed by atoms with van der Waals surface area (Å²) in [6, 6.07) is -0.450. The van der Waals surface area contributed by atoms with Crippen molar-refractivity contribution in [2.75, 3.05) is 13.7 Å². The number of hydrogen-bond acceptors (Lipinski definition) is 3. The van der Waals surface area contributed by atoms with Crippen molar-refractivity contribution in [3.8, 4) is 0 Å². The predicted octanol–water partition coefficient (Wildman–Crippen LogP) is 1.59. The van der Waals surface area contributed by atoms with E-state index in [1.54, 1.807) is 7.11 Å². The second-order valence-corrected chi connectivity index (χ2v) is 6.72. The van der Waals surface area contributed by atoms with E-state index in [0.717, 1.165) is 25.7 Å². The molecular formula is C14H21F3N2O2. The molecule has 120 valence electrons. The Morgan fingerprint density at radius 3 is 2.33 bits per heavy atom. The van der Waals surface area contributed by atoms with Crippen LogP contribution < -0.4 is 11.1 Å². The molecule has 1 heterocycles. The zero-order valence-corrected chi connectivity index (χ0v) is 12.0. The van der Waals surface area contributed by atoms with Crippen LogP contribution in [0.25, 0.3) is 0 Å². The van der Waals surface area contributed by atoms with E-state index in [1.807, 2.05) is 0 Å². The van der Waals surface area contributed by atoms with E-state index >= 15 is 0 Å². The van der Waals surface area contributed by atoms with Gasteiger partial charge in [0.05, 0.1) is 16.9 Å². The van der Waals surface area contributed by atoms with Gasteiger partial charge in [-0.15, -0.1) is 0 Å². The summed E-state index contributed by atoms with van der Waals surface area (Å²) in [4.78, 5) is 11.8. The van der Waals surface area contributed by atoms with Crippen LogP contribution in [0.2, 0.25) is 0 Å². The number of fused-ring (bicyclic) bond motifs is 1. The molecule has 3 fully saturated rings. The second kappa shape index (κ2) is 4.59. The first-order valence-electron chi connectivity index (χ1n) is 7.41. The maximum Gasteiger partial charge on any atom is 0.396 e. The molecular weight excluding hydrogens is 285 g/mol. The summed E-state index contributed by atoms with van der Waals surface area (Å²) in [5.41, 5.74) is 2.03. The molecule has 1 saturated heterocycles. The van der Waals surface area contributed by atoms with Crippen LogP contribution in [0.4, 0.5) is 13.2 Å². The molecule has 0 aromatic rings.